The zero-order chi connectivity index (χ0) is 20.1. The second kappa shape index (κ2) is 8.73. The summed E-state index contributed by atoms with van der Waals surface area (Å²) in [5.41, 5.74) is 1.18. The molecule has 1 aliphatic rings. The van der Waals surface area contributed by atoms with E-state index in [0.29, 0.717) is 31.0 Å². The molecule has 2 aromatic rings. The van der Waals surface area contributed by atoms with Gasteiger partial charge in [0.05, 0.1) is 11.8 Å². The highest BCUT2D eigenvalue weighted by atomic mass is 16.4. The number of carboxylic acid groups (broad SMARTS) is 1. The molecule has 1 aliphatic heterocycles. The minimum Gasteiger partial charge on any atom is -0.478 e. The summed E-state index contributed by atoms with van der Waals surface area (Å²) in [6.45, 7) is 2.86. The predicted molar refractivity (Wildman–Crippen MR) is 102 cm³/mol. The van der Waals surface area contributed by atoms with Gasteiger partial charge >= 0.3 is 5.97 Å². The summed E-state index contributed by atoms with van der Waals surface area (Å²) in [4.78, 5) is 37.8. The van der Waals surface area contributed by atoms with E-state index in [0.717, 1.165) is 18.4 Å². The molecule has 0 spiro atoms. The number of carbonyl (C=O) groups excluding carboxylic acids is 2. The lowest BCUT2D eigenvalue weighted by Crippen LogP contribution is -2.49. The van der Waals surface area contributed by atoms with Crippen molar-refractivity contribution in [3.63, 3.8) is 0 Å². The Balaban J connectivity index is 1.51. The number of likely N-dealkylation sites (tertiary alicyclic amines) is 1. The first kappa shape index (κ1) is 19.7. The summed E-state index contributed by atoms with van der Waals surface area (Å²) >= 11 is 0. The van der Waals surface area contributed by atoms with Crippen LogP contribution in [-0.2, 0) is 11.2 Å². The molecule has 7 nitrogen and oxygen atoms in total. The molecule has 3 rings (SSSR count). The molecule has 1 aromatic carbocycles. The molecule has 0 aliphatic carbocycles. The fourth-order valence-corrected chi connectivity index (χ4v) is 3.59. The summed E-state index contributed by atoms with van der Waals surface area (Å²) in [6.07, 6.45) is 3.71. The van der Waals surface area contributed by atoms with E-state index < -0.39 is 17.9 Å². The minimum absolute atomic E-state index is 0.121. The van der Waals surface area contributed by atoms with Gasteiger partial charge in [-0.3, -0.25) is 9.59 Å². The summed E-state index contributed by atoms with van der Waals surface area (Å²) in [7, 11) is 0. The van der Waals surface area contributed by atoms with Crippen LogP contribution < -0.4 is 5.32 Å². The van der Waals surface area contributed by atoms with E-state index in [1.54, 1.807) is 36.1 Å². The highest BCUT2D eigenvalue weighted by Crippen LogP contribution is 2.24. The lowest BCUT2D eigenvalue weighted by molar-refractivity contribution is -0.134. The molecule has 1 atom stereocenters. The zero-order valence-electron chi connectivity index (χ0n) is 15.8. The van der Waals surface area contributed by atoms with Crippen LogP contribution in [0.5, 0.6) is 0 Å². The summed E-state index contributed by atoms with van der Waals surface area (Å²) in [5.74, 6) is -0.937. The molecule has 7 heteroatoms. The minimum atomic E-state index is -0.913. The number of furan rings is 1. The van der Waals surface area contributed by atoms with Crippen LogP contribution in [0.3, 0.4) is 0 Å². The first-order valence-electron chi connectivity index (χ1n) is 9.40. The zero-order valence-corrected chi connectivity index (χ0v) is 15.8. The summed E-state index contributed by atoms with van der Waals surface area (Å²) < 4.78 is 5.04. The van der Waals surface area contributed by atoms with Crippen LogP contribution >= 0.6 is 0 Å². The van der Waals surface area contributed by atoms with Gasteiger partial charge in [-0.05, 0) is 55.9 Å². The number of carboxylic acids is 1. The second-order valence-corrected chi connectivity index (χ2v) is 7.11. The number of carbonyl (C=O) groups is 3. The molecule has 2 amide bonds. The van der Waals surface area contributed by atoms with Gasteiger partial charge in [0.25, 0.3) is 5.91 Å². The van der Waals surface area contributed by atoms with E-state index in [2.05, 4.69) is 5.32 Å². The molecule has 28 heavy (non-hydrogen) atoms. The maximum atomic E-state index is 12.6. The van der Waals surface area contributed by atoms with Crippen LogP contribution in [0.15, 0.2) is 47.1 Å². The Hall–Kier alpha value is -3.09. The smallest absolute Gasteiger partial charge is 0.335 e. The second-order valence-electron chi connectivity index (χ2n) is 7.11. The quantitative estimate of drug-likeness (QED) is 0.797. The van der Waals surface area contributed by atoms with Crippen LogP contribution in [0.25, 0.3) is 0 Å². The van der Waals surface area contributed by atoms with E-state index in [-0.39, 0.29) is 11.7 Å². The van der Waals surface area contributed by atoms with Crippen molar-refractivity contribution in [3.8, 4) is 0 Å². The summed E-state index contributed by atoms with van der Waals surface area (Å²) in [5, 5.41) is 12.0. The van der Waals surface area contributed by atoms with Crippen molar-refractivity contribution in [2.75, 3.05) is 13.1 Å². The molecule has 0 radical (unpaired) electrons. The van der Waals surface area contributed by atoms with Gasteiger partial charge in [0, 0.05) is 13.1 Å². The van der Waals surface area contributed by atoms with Crippen LogP contribution in [0, 0.1) is 5.92 Å². The van der Waals surface area contributed by atoms with Crippen LogP contribution in [0.2, 0.25) is 0 Å². The maximum absolute atomic E-state index is 12.6. The van der Waals surface area contributed by atoms with E-state index in [1.807, 2.05) is 12.1 Å². The molecule has 148 valence electrons. The van der Waals surface area contributed by atoms with E-state index >= 15 is 0 Å². The Bertz CT molecular complexity index is 838. The van der Waals surface area contributed by atoms with Gasteiger partial charge in [-0.15, -0.1) is 0 Å². The molecule has 0 saturated carbocycles. The first-order valence-corrected chi connectivity index (χ1v) is 9.40. The monoisotopic (exact) mass is 384 g/mol. The van der Waals surface area contributed by atoms with Gasteiger partial charge in [0.15, 0.2) is 5.76 Å². The van der Waals surface area contributed by atoms with Gasteiger partial charge in [-0.1, -0.05) is 18.2 Å². The van der Waals surface area contributed by atoms with Crippen LogP contribution in [-0.4, -0.2) is 46.9 Å². The SMILES string of the molecule is CC(NC(=O)c1ccco1)C(=O)N1CCC(Cc2ccccc2C(=O)O)CC1. The number of benzene rings is 1. The molecule has 1 aromatic heterocycles. The lowest BCUT2D eigenvalue weighted by Gasteiger charge is -2.34. The fraction of sp³-hybridized carbons (Fsp3) is 0.381. The third kappa shape index (κ3) is 4.60. The Morgan fingerprint density at radius 2 is 1.89 bits per heavy atom. The van der Waals surface area contributed by atoms with E-state index in [9.17, 15) is 19.5 Å². The number of amides is 2. The maximum Gasteiger partial charge on any atom is 0.335 e. The number of piperidine rings is 1. The lowest BCUT2D eigenvalue weighted by atomic mass is 9.88. The Labute approximate surface area is 163 Å². The van der Waals surface area contributed by atoms with Crippen molar-refractivity contribution >= 4 is 17.8 Å². The van der Waals surface area contributed by atoms with Gasteiger partial charge in [0.1, 0.15) is 6.04 Å². The van der Waals surface area contributed by atoms with Gasteiger partial charge in [0.2, 0.25) is 5.91 Å². The molecule has 0 bridgehead atoms. The normalized spacial score (nSPS) is 15.8. The number of rotatable bonds is 6. The van der Waals surface area contributed by atoms with Crippen molar-refractivity contribution in [1.82, 2.24) is 10.2 Å². The van der Waals surface area contributed by atoms with E-state index in [4.69, 9.17) is 4.42 Å². The highest BCUT2D eigenvalue weighted by molar-refractivity contribution is 5.95. The van der Waals surface area contributed by atoms with Crippen molar-refractivity contribution in [3.05, 3.63) is 59.5 Å². The number of nitrogens with one attached hydrogen (secondary N) is 1. The van der Waals surface area contributed by atoms with E-state index in [1.165, 1.54) is 6.26 Å². The van der Waals surface area contributed by atoms with Gasteiger partial charge in [-0.25, -0.2) is 4.79 Å². The number of aromatic carboxylic acids is 1. The predicted octanol–water partition coefficient (Wildman–Crippen LogP) is 2.58. The van der Waals surface area contributed by atoms with Crippen molar-refractivity contribution in [1.29, 1.82) is 0 Å². The average Bonchev–Trinajstić information content (AvgIpc) is 3.23. The number of nitrogens with zero attached hydrogens (tertiary/aromatic N) is 1. The van der Waals surface area contributed by atoms with Crippen LogP contribution in [0.1, 0.15) is 46.2 Å². The molecule has 2 heterocycles. The van der Waals surface area contributed by atoms with Crippen LogP contribution in [0.4, 0.5) is 0 Å². The Morgan fingerprint density at radius 1 is 1.18 bits per heavy atom. The molecule has 2 N–H and O–H groups in total. The Morgan fingerprint density at radius 3 is 2.54 bits per heavy atom. The molecule has 1 fully saturated rings. The van der Waals surface area contributed by atoms with Gasteiger partial charge < -0.3 is 19.7 Å². The van der Waals surface area contributed by atoms with Crippen molar-refractivity contribution in [2.45, 2.75) is 32.2 Å². The molecule has 1 unspecified atom stereocenters. The topological polar surface area (TPSA) is 99.9 Å². The first-order chi connectivity index (χ1) is 13.5. The highest BCUT2D eigenvalue weighted by Gasteiger charge is 2.28. The fourth-order valence-electron chi connectivity index (χ4n) is 3.59. The standard InChI is InChI=1S/C21H24N2O5/c1-14(22-19(24)18-7-4-12-28-18)20(25)23-10-8-15(9-11-23)13-16-5-2-3-6-17(16)21(26)27/h2-7,12,14-15H,8-11,13H2,1H3,(H,22,24)(H,26,27). The van der Waals surface area contributed by atoms with Crippen molar-refractivity contribution < 1.29 is 23.9 Å². The largest absolute Gasteiger partial charge is 0.478 e. The molecule has 1 saturated heterocycles. The van der Waals surface area contributed by atoms with Gasteiger partial charge in [-0.2, -0.15) is 0 Å². The third-order valence-electron chi connectivity index (χ3n) is 5.15. The average molecular weight is 384 g/mol. The Kier molecular flexibility index (Phi) is 6.13. The third-order valence-corrected chi connectivity index (χ3v) is 5.15. The van der Waals surface area contributed by atoms with Crippen molar-refractivity contribution in [2.24, 2.45) is 5.92 Å². The molecular formula is C21H24N2O5. The molecular weight excluding hydrogens is 360 g/mol. The number of hydrogen-bond donors (Lipinski definition) is 2. The summed E-state index contributed by atoms with van der Waals surface area (Å²) in [6, 6.07) is 9.59. The number of hydrogen-bond acceptors (Lipinski definition) is 4.